The summed E-state index contributed by atoms with van der Waals surface area (Å²) in [4.78, 5) is 10.0. The van der Waals surface area contributed by atoms with E-state index in [9.17, 15) is 4.79 Å². The van der Waals surface area contributed by atoms with Crippen molar-refractivity contribution in [3.05, 3.63) is 36.0 Å². The van der Waals surface area contributed by atoms with Gasteiger partial charge in [0.15, 0.2) is 0 Å². The first-order chi connectivity index (χ1) is 9.93. The molecule has 0 aliphatic carbocycles. The van der Waals surface area contributed by atoms with E-state index in [1.165, 1.54) is 18.4 Å². The average molecular weight is 294 g/mol. The summed E-state index contributed by atoms with van der Waals surface area (Å²) in [6.45, 7) is 10.8. The van der Waals surface area contributed by atoms with Crippen LogP contribution in [0.15, 0.2) is 36.0 Å². The minimum absolute atomic E-state index is 0.286. The van der Waals surface area contributed by atoms with Gasteiger partial charge in [-0.1, -0.05) is 56.7 Å². The molecule has 21 heavy (non-hydrogen) atoms. The first-order valence-corrected chi connectivity index (χ1v) is 8.10. The van der Waals surface area contributed by atoms with Crippen LogP contribution in [0.3, 0.4) is 0 Å². The molecule has 0 fully saturated rings. The number of carboxylic acid groups (broad SMARTS) is 1. The van der Waals surface area contributed by atoms with Crippen molar-refractivity contribution in [3.63, 3.8) is 0 Å². The van der Waals surface area contributed by atoms with E-state index in [0.717, 1.165) is 25.2 Å². The molecule has 0 spiro atoms. The summed E-state index contributed by atoms with van der Waals surface area (Å²) in [7, 11) is 0. The van der Waals surface area contributed by atoms with Gasteiger partial charge in [-0.2, -0.15) is 0 Å². The molecule has 0 aromatic heterocycles. The Morgan fingerprint density at radius 3 is 2.33 bits per heavy atom. The predicted molar refractivity (Wildman–Crippen MR) is 93.6 cm³/mol. The van der Waals surface area contributed by atoms with Crippen LogP contribution in [-0.2, 0) is 4.79 Å². The highest BCUT2D eigenvalue weighted by molar-refractivity contribution is 5.66. The van der Waals surface area contributed by atoms with Crippen LogP contribution in [0.1, 0.15) is 73.1 Å². The molecule has 0 aromatic rings. The van der Waals surface area contributed by atoms with Crippen LogP contribution in [0.2, 0.25) is 0 Å². The third-order valence-corrected chi connectivity index (χ3v) is 2.80. The molecule has 0 bridgehead atoms. The van der Waals surface area contributed by atoms with Crippen LogP contribution in [-0.4, -0.2) is 11.1 Å². The van der Waals surface area contributed by atoms with Gasteiger partial charge in [-0.05, 0) is 51.9 Å². The highest BCUT2D eigenvalue weighted by Crippen LogP contribution is 2.06. The lowest BCUT2D eigenvalue weighted by Gasteiger charge is -1.99. The molecular formula is C19H34O2. The van der Waals surface area contributed by atoms with E-state index in [-0.39, 0.29) is 6.42 Å². The maximum Gasteiger partial charge on any atom is 0.303 e. The minimum Gasteiger partial charge on any atom is -0.481 e. The van der Waals surface area contributed by atoms with Gasteiger partial charge in [0.05, 0.1) is 0 Å². The molecular weight excluding hydrogens is 260 g/mol. The Morgan fingerprint density at radius 2 is 1.86 bits per heavy atom. The fourth-order valence-electron chi connectivity index (χ4n) is 1.63. The van der Waals surface area contributed by atoms with E-state index < -0.39 is 5.97 Å². The monoisotopic (exact) mass is 294 g/mol. The Kier molecular flexibility index (Phi) is 17.5. The highest BCUT2D eigenvalue weighted by Gasteiger charge is 1.92. The van der Waals surface area contributed by atoms with E-state index >= 15 is 0 Å². The van der Waals surface area contributed by atoms with Crippen molar-refractivity contribution < 1.29 is 9.90 Å². The summed E-state index contributed by atoms with van der Waals surface area (Å²) in [5.74, 6) is 0.120. The highest BCUT2D eigenvalue weighted by atomic mass is 16.4. The van der Waals surface area contributed by atoms with Gasteiger partial charge in [0.1, 0.15) is 0 Å². The second-order valence-electron chi connectivity index (χ2n) is 5.58. The van der Waals surface area contributed by atoms with Gasteiger partial charge in [-0.15, -0.1) is 0 Å². The zero-order valence-corrected chi connectivity index (χ0v) is 14.6. The molecule has 0 amide bonds. The van der Waals surface area contributed by atoms with E-state index in [1.807, 2.05) is 6.08 Å². The SMILES string of the molecule is C/C=C/C(C)=CCCC(C)C.CCC=CCCCC(=O)O. The third kappa shape index (κ3) is 24.1. The molecule has 0 aliphatic rings. The van der Waals surface area contributed by atoms with Crippen molar-refractivity contribution >= 4 is 5.97 Å². The Labute approximate surface area is 131 Å². The number of allylic oxidation sites excluding steroid dienone is 6. The fourth-order valence-corrected chi connectivity index (χ4v) is 1.63. The van der Waals surface area contributed by atoms with Crippen molar-refractivity contribution in [2.75, 3.05) is 0 Å². The lowest BCUT2D eigenvalue weighted by atomic mass is 10.1. The molecule has 0 heterocycles. The molecule has 0 saturated heterocycles. The van der Waals surface area contributed by atoms with Crippen LogP contribution in [0.25, 0.3) is 0 Å². The van der Waals surface area contributed by atoms with Gasteiger partial charge in [-0.25, -0.2) is 0 Å². The van der Waals surface area contributed by atoms with Crippen LogP contribution in [0, 0.1) is 5.92 Å². The van der Waals surface area contributed by atoms with Crippen molar-refractivity contribution in [1.29, 1.82) is 0 Å². The first kappa shape index (κ1) is 22.0. The van der Waals surface area contributed by atoms with Crippen molar-refractivity contribution in [2.45, 2.75) is 73.1 Å². The minimum atomic E-state index is -0.704. The second kappa shape index (κ2) is 16.7. The van der Waals surface area contributed by atoms with Gasteiger partial charge in [0.2, 0.25) is 0 Å². The van der Waals surface area contributed by atoms with Gasteiger partial charge >= 0.3 is 5.97 Å². The lowest BCUT2D eigenvalue weighted by Crippen LogP contribution is -1.92. The number of rotatable bonds is 9. The summed E-state index contributed by atoms with van der Waals surface area (Å²) in [5.41, 5.74) is 1.38. The Hall–Kier alpha value is -1.31. The quantitative estimate of drug-likeness (QED) is 0.314. The first-order valence-electron chi connectivity index (χ1n) is 8.10. The summed E-state index contributed by atoms with van der Waals surface area (Å²) < 4.78 is 0. The number of hydrogen-bond donors (Lipinski definition) is 1. The number of carboxylic acids is 1. The average Bonchev–Trinajstić information content (AvgIpc) is 2.39. The maximum absolute atomic E-state index is 10.0. The van der Waals surface area contributed by atoms with Gasteiger partial charge in [0, 0.05) is 6.42 Å². The summed E-state index contributed by atoms with van der Waals surface area (Å²) in [6.07, 6.45) is 16.1. The normalized spacial score (nSPS) is 12.0. The van der Waals surface area contributed by atoms with Crippen LogP contribution in [0.5, 0.6) is 0 Å². The van der Waals surface area contributed by atoms with E-state index in [1.54, 1.807) is 0 Å². The van der Waals surface area contributed by atoms with Crippen molar-refractivity contribution in [3.8, 4) is 0 Å². The Morgan fingerprint density at radius 1 is 1.19 bits per heavy atom. The van der Waals surface area contributed by atoms with E-state index in [0.29, 0.717) is 0 Å². The summed E-state index contributed by atoms with van der Waals surface area (Å²) >= 11 is 0. The van der Waals surface area contributed by atoms with Gasteiger partial charge < -0.3 is 5.11 Å². The molecule has 0 atom stereocenters. The number of aliphatic carboxylic acids is 1. The van der Waals surface area contributed by atoms with Crippen molar-refractivity contribution in [2.24, 2.45) is 5.92 Å². The third-order valence-electron chi connectivity index (χ3n) is 2.80. The Balaban J connectivity index is 0. The summed E-state index contributed by atoms with van der Waals surface area (Å²) in [5, 5.41) is 8.25. The molecule has 0 unspecified atom stereocenters. The molecule has 0 radical (unpaired) electrons. The number of carbonyl (C=O) groups is 1. The van der Waals surface area contributed by atoms with Gasteiger partial charge in [0.25, 0.3) is 0 Å². The van der Waals surface area contributed by atoms with Crippen LogP contribution in [0.4, 0.5) is 0 Å². The summed E-state index contributed by atoms with van der Waals surface area (Å²) in [6, 6.07) is 0. The molecule has 0 aromatic carbocycles. The largest absolute Gasteiger partial charge is 0.481 e. The molecule has 2 heteroatoms. The van der Waals surface area contributed by atoms with Crippen LogP contribution >= 0.6 is 0 Å². The molecule has 0 rings (SSSR count). The fraction of sp³-hybridized carbons (Fsp3) is 0.632. The number of unbranched alkanes of at least 4 members (excludes halogenated alkanes) is 1. The molecule has 0 aliphatic heterocycles. The molecule has 1 N–H and O–H groups in total. The molecule has 0 saturated carbocycles. The standard InChI is InChI=1S/C11H20.C8H14O2/c1-5-7-11(4)9-6-8-10(2)3;1-2-3-4-5-6-7-8(9)10/h5,7,9-10H,6,8H2,1-4H3;3-4H,2,5-7H2,1H3,(H,9,10)/b7-5+,11-9?;. The lowest BCUT2D eigenvalue weighted by molar-refractivity contribution is -0.137. The maximum atomic E-state index is 10.0. The van der Waals surface area contributed by atoms with E-state index in [2.05, 4.69) is 58.9 Å². The zero-order chi connectivity index (χ0) is 16.5. The molecule has 2 nitrogen and oxygen atoms in total. The van der Waals surface area contributed by atoms with Gasteiger partial charge in [-0.3, -0.25) is 4.79 Å². The second-order valence-corrected chi connectivity index (χ2v) is 5.58. The van der Waals surface area contributed by atoms with Crippen molar-refractivity contribution in [1.82, 2.24) is 0 Å². The molecule has 122 valence electrons. The van der Waals surface area contributed by atoms with E-state index in [4.69, 9.17) is 5.11 Å². The van der Waals surface area contributed by atoms with Crippen LogP contribution < -0.4 is 0 Å². The zero-order valence-electron chi connectivity index (χ0n) is 14.6. The topological polar surface area (TPSA) is 37.3 Å². The smallest absolute Gasteiger partial charge is 0.303 e. The predicted octanol–water partition coefficient (Wildman–Crippen LogP) is 6.15. The Bertz CT molecular complexity index is 322. The number of hydrogen-bond acceptors (Lipinski definition) is 1.